The number of rotatable bonds is 4. The summed E-state index contributed by atoms with van der Waals surface area (Å²) in [5, 5.41) is 9.02. The van der Waals surface area contributed by atoms with E-state index in [1.807, 2.05) is 13.8 Å². The van der Waals surface area contributed by atoms with Crippen LogP contribution in [0.1, 0.15) is 50.2 Å². The molecule has 1 aromatic rings. The minimum Gasteiger partial charge on any atom is -0.481 e. The summed E-state index contributed by atoms with van der Waals surface area (Å²) in [5.74, 6) is -1.68. The van der Waals surface area contributed by atoms with E-state index in [4.69, 9.17) is 5.11 Å². The average Bonchev–Trinajstić information content (AvgIpc) is 2.17. The van der Waals surface area contributed by atoms with Crippen molar-refractivity contribution in [3.63, 3.8) is 0 Å². The molecule has 0 amide bonds. The monoisotopic (exact) mass is 224 g/mol. The normalized spacial score (nSPS) is 12.8. The summed E-state index contributed by atoms with van der Waals surface area (Å²) in [6.45, 7) is 5.71. The van der Waals surface area contributed by atoms with E-state index in [1.165, 1.54) is 12.1 Å². The minimum atomic E-state index is -0.900. The first-order chi connectivity index (χ1) is 7.45. The Morgan fingerprint density at radius 2 is 1.88 bits per heavy atom. The summed E-state index contributed by atoms with van der Waals surface area (Å²) in [6, 6.07) is 4.56. The maximum atomic E-state index is 13.4. The molecule has 1 rings (SSSR count). The zero-order valence-corrected chi connectivity index (χ0v) is 9.83. The smallest absolute Gasteiger partial charge is 0.310 e. The molecule has 88 valence electrons. The largest absolute Gasteiger partial charge is 0.481 e. The zero-order valence-electron chi connectivity index (χ0n) is 9.83. The van der Waals surface area contributed by atoms with Crippen LogP contribution in [0.25, 0.3) is 0 Å². The van der Waals surface area contributed by atoms with Crippen LogP contribution in [-0.4, -0.2) is 11.1 Å². The third kappa shape index (κ3) is 2.81. The molecule has 1 unspecified atom stereocenters. The van der Waals surface area contributed by atoms with Crippen LogP contribution in [0, 0.1) is 5.82 Å². The van der Waals surface area contributed by atoms with E-state index in [2.05, 4.69) is 0 Å². The third-order valence-electron chi connectivity index (χ3n) is 2.72. The van der Waals surface area contributed by atoms with Crippen molar-refractivity contribution in [1.29, 1.82) is 0 Å². The van der Waals surface area contributed by atoms with Gasteiger partial charge in [-0.2, -0.15) is 0 Å². The molecule has 0 aliphatic heterocycles. The summed E-state index contributed by atoms with van der Waals surface area (Å²) in [6.07, 6.45) is 0.469. The van der Waals surface area contributed by atoms with E-state index in [1.54, 1.807) is 13.0 Å². The number of aliphatic carboxylic acids is 1. The lowest BCUT2D eigenvalue weighted by molar-refractivity contribution is -0.138. The van der Waals surface area contributed by atoms with Crippen molar-refractivity contribution < 1.29 is 14.3 Å². The zero-order chi connectivity index (χ0) is 12.3. The number of halogens is 1. The van der Waals surface area contributed by atoms with Gasteiger partial charge in [0.15, 0.2) is 0 Å². The summed E-state index contributed by atoms with van der Waals surface area (Å²) in [4.78, 5) is 11.0. The van der Waals surface area contributed by atoms with Gasteiger partial charge in [0.2, 0.25) is 0 Å². The molecule has 0 aromatic heterocycles. The number of carboxylic acids is 1. The van der Waals surface area contributed by atoms with E-state index in [0.717, 1.165) is 5.56 Å². The van der Waals surface area contributed by atoms with Crippen LogP contribution in [0.2, 0.25) is 0 Å². The van der Waals surface area contributed by atoms with Gasteiger partial charge >= 0.3 is 5.97 Å². The summed E-state index contributed by atoms with van der Waals surface area (Å²) >= 11 is 0. The first-order valence-corrected chi connectivity index (χ1v) is 5.48. The van der Waals surface area contributed by atoms with E-state index >= 15 is 0 Å². The molecule has 1 N–H and O–H groups in total. The molecule has 0 radical (unpaired) electrons. The Labute approximate surface area is 95.1 Å². The second kappa shape index (κ2) is 5.10. The van der Waals surface area contributed by atoms with Gasteiger partial charge in [-0.25, -0.2) is 4.39 Å². The van der Waals surface area contributed by atoms with Crippen molar-refractivity contribution in [2.75, 3.05) is 0 Å². The van der Waals surface area contributed by atoms with Crippen LogP contribution < -0.4 is 0 Å². The Hall–Kier alpha value is -1.38. The SMILES string of the molecule is CCC(C(=O)O)c1cc(F)cc(C(C)C)c1. The number of hydrogen-bond acceptors (Lipinski definition) is 1. The molecule has 0 spiro atoms. The molecule has 16 heavy (non-hydrogen) atoms. The highest BCUT2D eigenvalue weighted by molar-refractivity contribution is 5.76. The summed E-state index contributed by atoms with van der Waals surface area (Å²) in [5.41, 5.74) is 1.40. The summed E-state index contributed by atoms with van der Waals surface area (Å²) < 4.78 is 13.4. The standard InChI is InChI=1S/C13H17FO2/c1-4-12(13(15)16)10-5-9(8(2)3)6-11(14)7-10/h5-8,12H,4H2,1-3H3,(H,15,16). The number of carbonyl (C=O) groups is 1. The van der Waals surface area contributed by atoms with E-state index < -0.39 is 11.9 Å². The van der Waals surface area contributed by atoms with Crippen LogP contribution in [0.5, 0.6) is 0 Å². The van der Waals surface area contributed by atoms with Crippen LogP contribution in [0.3, 0.4) is 0 Å². The van der Waals surface area contributed by atoms with Crippen LogP contribution >= 0.6 is 0 Å². The van der Waals surface area contributed by atoms with Gasteiger partial charge in [0.1, 0.15) is 5.82 Å². The molecule has 0 bridgehead atoms. The molecule has 0 aliphatic carbocycles. The third-order valence-corrected chi connectivity index (χ3v) is 2.72. The van der Waals surface area contributed by atoms with Crippen molar-refractivity contribution >= 4 is 5.97 Å². The molecule has 2 nitrogen and oxygen atoms in total. The Kier molecular flexibility index (Phi) is 4.05. The predicted octanol–water partition coefficient (Wildman–Crippen LogP) is 3.53. The Balaban J connectivity index is 3.17. The fraction of sp³-hybridized carbons (Fsp3) is 0.462. The number of hydrogen-bond donors (Lipinski definition) is 1. The van der Waals surface area contributed by atoms with Crippen molar-refractivity contribution in [2.24, 2.45) is 0 Å². The number of carboxylic acid groups (broad SMARTS) is 1. The Morgan fingerprint density at radius 3 is 2.31 bits per heavy atom. The van der Waals surface area contributed by atoms with Crippen molar-refractivity contribution in [1.82, 2.24) is 0 Å². The molecular formula is C13H17FO2. The predicted molar refractivity (Wildman–Crippen MR) is 61.2 cm³/mol. The van der Waals surface area contributed by atoms with Gasteiger partial charge in [-0.1, -0.05) is 26.8 Å². The van der Waals surface area contributed by atoms with Crippen molar-refractivity contribution in [2.45, 2.75) is 39.0 Å². The first kappa shape index (κ1) is 12.7. The van der Waals surface area contributed by atoms with E-state index in [0.29, 0.717) is 12.0 Å². The Bertz CT molecular complexity index is 386. The Morgan fingerprint density at radius 1 is 1.31 bits per heavy atom. The van der Waals surface area contributed by atoms with Crippen LogP contribution in [0.4, 0.5) is 4.39 Å². The van der Waals surface area contributed by atoms with Gasteiger partial charge in [-0.15, -0.1) is 0 Å². The van der Waals surface area contributed by atoms with E-state index in [9.17, 15) is 9.18 Å². The van der Waals surface area contributed by atoms with E-state index in [-0.39, 0.29) is 11.7 Å². The second-order valence-electron chi connectivity index (χ2n) is 4.27. The van der Waals surface area contributed by atoms with Gasteiger partial charge in [0.05, 0.1) is 5.92 Å². The van der Waals surface area contributed by atoms with Crippen molar-refractivity contribution in [3.8, 4) is 0 Å². The van der Waals surface area contributed by atoms with Gasteiger partial charge < -0.3 is 5.11 Å². The fourth-order valence-corrected chi connectivity index (χ4v) is 1.72. The topological polar surface area (TPSA) is 37.3 Å². The molecule has 0 fully saturated rings. The first-order valence-electron chi connectivity index (χ1n) is 5.48. The van der Waals surface area contributed by atoms with Gasteiger partial charge in [0.25, 0.3) is 0 Å². The maximum Gasteiger partial charge on any atom is 0.310 e. The lowest BCUT2D eigenvalue weighted by Crippen LogP contribution is -2.11. The highest BCUT2D eigenvalue weighted by Gasteiger charge is 2.19. The minimum absolute atomic E-state index is 0.195. The van der Waals surface area contributed by atoms with Crippen LogP contribution in [-0.2, 0) is 4.79 Å². The molecule has 0 saturated carbocycles. The lowest BCUT2D eigenvalue weighted by Gasteiger charge is -2.13. The maximum absolute atomic E-state index is 13.4. The highest BCUT2D eigenvalue weighted by Crippen LogP contribution is 2.25. The quantitative estimate of drug-likeness (QED) is 0.849. The molecule has 3 heteroatoms. The lowest BCUT2D eigenvalue weighted by atomic mass is 9.92. The molecule has 1 atom stereocenters. The average molecular weight is 224 g/mol. The fourth-order valence-electron chi connectivity index (χ4n) is 1.72. The highest BCUT2D eigenvalue weighted by atomic mass is 19.1. The molecule has 0 aliphatic rings. The van der Waals surface area contributed by atoms with Crippen LogP contribution in [0.15, 0.2) is 18.2 Å². The second-order valence-corrected chi connectivity index (χ2v) is 4.27. The summed E-state index contributed by atoms with van der Waals surface area (Å²) in [7, 11) is 0. The van der Waals surface area contributed by atoms with Gasteiger partial charge in [-0.05, 0) is 35.6 Å². The molecule has 1 aromatic carbocycles. The number of benzene rings is 1. The van der Waals surface area contributed by atoms with Crippen molar-refractivity contribution in [3.05, 3.63) is 35.1 Å². The van der Waals surface area contributed by atoms with Gasteiger partial charge in [-0.3, -0.25) is 4.79 Å². The molecule has 0 heterocycles. The molecular weight excluding hydrogens is 207 g/mol. The molecule has 0 saturated heterocycles. The van der Waals surface area contributed by atoms with Gasteiger partial charge in [0, 0.05) is 0 Å².